The number of hydrogen-bond donors (Lipinski definition) is 1. The first-order chi connectivity index (χ1) is 10.2. The van der Waals surface area contributed by atoms with E-state index in [1.54, 1.807) is 24.0 Å². The van der Waals surface area contributed by atoms with Crippen molar-refractivity contribution in [2.24, 2.45) is 7.05 Å². The first-order valence-corrected chi connectivity index (χ1v) is 7.05. The van der Waals surface area contributed by atoms with Gasteiger partial charge in [0.1, 0.15) is 0 Å². The molecule has 3 rings (SSSR count). The summed E-state index contributed by atoms with van der Waals surface area (Å²) in [6.07, 6.45) is -3.63. The average Bonchev–Trinajstić information content (AvgIpc) is 2.74. The van der Waals surface area contributed by atoms with Gasteiger partial charge in [0.15, 0.2) is 11.2 Å². The summed E-state index contributed by atoms with van der Waals surface area (Å²) in [6.45, 7) is 2.14. The molecule has 5 nitrogen and oxygen atoms in total. The fraction of sp³-hybridized carbons (Fsp3) is 0.571. The molecule has 1 fully saturated rings. The number of halogens is 3. The van der Waals surface area contributed by atoms with Crippen LogP contribution in [-0.2, 0) is 7.05 Å². The molecule has 3 heterocycles. The number of nitrogens with zero attached hydrogens (tertiary/aromatic N) is 4. The third-order valence-electron chi connectivity index (χ3n) is 4.34. The Hall–Kier alpha value is -1.83. The van der Waals surface area contributed by atoms with Gasteiger partial charge in [0, 0.05) is 39.2 Å². The molecule has 0 aromatic carbocycles. The highest BCUT2D eigenvalue weighted by atomic mass is 19.4. The molecule has 2 aromatic rings. The minimum atomic E-state index is -4.59. The van der Waals surface area contributed by atoms with Gasteiger partial charge in [-0.3, -0.25) is 4.68 Å². The monoisotopic (exact) mass is 314 g/mol. The Morgan fingerprint density at radius 1 is 1.27 bits per heavy atom. The number of pyridine rings is 1. The fourth-order valence-electron chi connectivity index (χ4n) is 3.02. The Balaban J connectivity index is 1.92. The number of alkyl halides is 3. The van der Waals surface area contributed by atoms with Crippen molar-refractivity contribution in [2.75, 3.05) is 18.0 Å². The van der Waals surface area contributed by atoms with Gasteiger partial charge >= 0.3 is 6.18 Å². The van der Waals surface area contributed by atoms with Crippen molar-refractivity contribution in [3.63, 3.8) is 0 Å². The molecule has 120 valence electrons. The molecule has 0 aliphatic carbocycles. The average molecular weight is 314 g/mol. The molecule has 0 radical (unpaired) electrons. The molecule has 0 bridgehead atoms. The summed E-state index contributed by atoms with van der Waals surface area (Å²) in [7, 11) is 1.78. The Bertz CT molecular complexity index is 702. The Morgan fingerprint density at radius 3 is 2.50 bits per heavy atom. The van der Waals surface area contributed by atoms with Gasteiger partial charge in [-0.05, 0) is 13.0 Å². The Labute approximate surface area is 125 Å². The van der Waals surface area contributed by atoms with Gasteiger partial charge < -0.3 is 10.0 Å². The topological polar surface area (TPSA) is 54.2 Å². The maximum Gasteiger partial charge on any atom is 0.417 e. The molecular formula is C14H17F3N4O. The van der Waals surface area contributed by atoms with Crippen molar-refractivity contribution < 1.29 is 18.3 Å². The molecular weight excluding hydrogens is 297 g/mol. The van der Waals surface area contributed by atoms with Crippen LogP contribution in [0, 0.1) is 6.92 Å². The van der Waals surface area contributed by atoms with E-state index in [-0.39, 0.29) is 25.9 Å². The van der Waals surface area contributed by atoms with Crippen LogP contribution in [0.1, 0.15) is 18.5 Å². The van der Waals surface area contributed by atoms with Gasteiger partial charge in [-0.15, -0.1) is 0 Å². The predicted molar refractivity (Wildman–Crippen MR) is 75.7 cm³/mol. The number of hydrogen-bond acceptors (Lipinski definition) is 4. The first kappa shape index (κ1) is 15.1. The van der Waals surface area contributed by atoms with E-state index < -0.39 is 11.8 Å². The van der Waals surface area contributed by atoms with Gasteiger partial charge in [0.05, 0.1) is 16.8 Å². The predicted octanol–water partition coefficient (Wildman–Crippen LogP) is 2.17. The summed E-state index contributed by atoms with van der Waals surface area (Å²) in [5.74, 6) is 0. The van der Waals surface area contributed by atoms with Crippen molar-refractivity contribution in [3.05, 3.63) is 18.0 Å². The lowest BCUT2D eigenvalue weighted by Crippen LogP contribution is -2.53. The number of rotatable bonds is 1. The molecule has 2 aromatic heterocycles. The molecule has 22 heavy (non-hydrogen) atoms. The standard InChI is InChI=1S/C14H17F3N4O/c1-9-11-10(3-6-18-12(11)20(2)19-9)21-7-4-13(22,5-8-21)14(15,16)17/h3,6,22H,4-5,7-8H2,1-2H3. The lowest BCUT2D eigenvalue weighted by molar-refractivity contribution is -0.266. The lowest BCUT2D eigenvalue weighted by Gasteiger charge is -2.40. The maximum atomic E-state index is 12.9. The summed E-state index contributed by atoms with van der Waals surface area (Å²) < 4.78 is 40.3. The fourth-order valence-corrected chi connectivity index (χ4v) is 3.02. The van der Waals surface area contributed by atoms with Gasteiger partial charge in [0.2, 0.25) is 0 Å². The lowest BCUT2D eigenvalue weighted by atomic mass is 9.90. The zero-order valence-electron chi connectivity index (χ0n) is 12.4. The van der Waals surface area contributed by atoms with Crippen molar-refractivity contribution in [3.8, 4) is 0 Å². The van der Waals surface area contributed by atoms with Gasteiger partial charge in [0.25, 0.3) is 0 Å². The van der Waals surface area contributed by atoms with Crippen LogP contribution < -0.4 is 4.90 Å². The van der Waals surface area contributed by atoms with Crippen LogP contribution in [0.2, 0.25) is 0 Å². The molecule has 1 saturated heterocycles. The number of aliphatic hydroxyl groups is 1. The van der Waals surface area contributed by atoms with E-state index in [1.807, 2.05) is 11.8 Å². The van der Waals surface area contributed by atoms with Crippen molar-refractivity contribution >= 4 is 16.7 Å². The second-order valence-electron chi connectivity index (χ2n) is 5.75. The zero-order valence-corrected chi connectivity index (χ0v) is 12.4. The van der Waals surface area contributed by atoms with Crippen molar-refractivity contribution in [2.45, 2.75) is 31.5 Å². The van der Waals surface area contributed by atoms with Crippen LogP contribution in [0.4, 0.5) is 18.9 Å². The molecule has 0 saturated carbocycles. The summed E-state index contributed by atoms with van der Waals surface area (Å²) >= 11 is 0. The van der Waals surface area contributed by atoms with E-state index in [1.165, 1.54) is 0 Å². The molecule has 1 aliphatic rings. The summed E-state index contributed by atoms with van der Waals surface area (Å²) in [5.41, 5.74) is -0.275. The number of aromatic nitrogens is 3. The van der Waals surface area contributed by atoms with Crippen LogP contribution >= 0.6 is 0 Å². The molecule has 0 spiro atoms. The van der Waals surface area contributed by atoms with Gasteiger partial charge in [-0.2, -0.15) is 18.3 Å². The SMILES string of the molecule is Cc1nn(C)c2nccc(N3CCC(O)(C(F)(F)F)CC3)c12. The van der Waals surface area contributed by atoms with E-state index in [2.05, 4.69) is 10.1 Å². The third kappa shape index (κ3) is 2.22. The number of piperidine rings is 1. The summed E-state index contributed by atoms with van der Waals surface area (Å²) in [4.78, 5) is 6.13. The van der Waals surface area contributed by atoms with Crippen molar-refractivity contribution in [1.82, 2.24) is 14.8 Å². The molecule has 1 aliphatic heterocycles. The molecule has 0 amide bonds. The Kier molecular flexibility index (Phi) is 3.32. The highest BCUT2D eigenvalue weighted by Crippen LogP contribution is 2.40. The van der Waals surface area contributed by atoms with E-state index in [0.717, 1.165) is 16.8 Å². The highest BCUT2D eigenvalue weighted by Gasteiger charge is 2.54. The quantitative estimate of drug-likeness (QED) is 0.876. The van der Waals surface area contributed by atoms with E-state index in [0.29, 0.717) is 5.65 Å². The highest BCUT2D eigenvalue weighted by molar-refractivity contribution is 5.91. The van der Waals surface area contributed by atoms with E-state index in [9.17, 15) is 18.3 Å². The smallest absolute Gasteiger partial charge is 0.380 e. The normalized spacial score (nSPS) is 18.9. The van der Waals surface area contributed by atoms with Crippen LogP contribution in [0.15, 0.2) is 12.3 Å². The van der Waals surface area contributed by atoms with Crippen LogP contribution in [0.25, 0.3) is 11.0 Å². The largest absolute Gasteiger partial charge is 0.417 e. The van der Waals surface area contributed by atoms with Gasteiger partial charge in [-0.1, -0.05) is 0 Å². The van der Waals surface area contributed by atoms with Crippen LogP contribution in [0.5, 0.6) is 0 Å². The van der Waals surface area contributed by atoms with Crippen LogP contribution in [-0.4, -0.2) is 44.7 Å². The minimum absolute atomic E-state index is 0.142. The second kappa shape index (κ2) is 4.84. The summed E-state index contributed by atoms with van der Waals surface area (Å²) in [6, 6.07) is 1.79. The van der Waals surface area contributed by atoms with Gasteiger partial charge in [-0.25, -0.2) is 4.98 Å². The molecule has 8 heteroatoms. The Morgan fingerprint density at radius 2 is 1.91 bits per heavy atom. The molecule has 0 unspecified atom stereocenters. The minimum Gasteiger partial charge on any atom is -0.380 e. The van der Waals surface area contributed by atoms with Crippen LogP contribution in [0.3, 0.4) is 0 Å². The maximum absolute atomic E-state index is 12.9. The van der Waals surface area contributed by atoms with Crippen molar-refractivity contribution in [1.29, 1.82) is 0 Å². The number of aryl methyl sites for hydroxylation is 2. The van der Waals surface area contributed by atoms with E-state index in [4.69, 9.17) is 0 Å². The number of anilines is 1. The zero-order chi connectivity index (χ0) is 16.1. The second-order valence-corrected chi connectivity index (χ2v) is 5.75. The van der Waals surface area contributed by atoms with E-state index >= 15 is 0 Å². The molecule has 1 N–H and O–H groups in total. The summed E-state index contributed by atoms with van der Waals surface area (Å²) in [5, 5.41) is 14.9. The number of fused-ring (bicyclic) bond motifs is 1. The third-order valence-corrected chi connectivity index (χ3v) is 4.34. The first-order valence-electron chi connectivity index (χ1n) is 7.05. The molecule has 0 atom stereocenters.